The van der Waals surface area contributed by atoms with Crippen molar-refractivity contribution in [1.29, 1.82) is 5.26 Å². The molecular formula is C14H20N4. The monoisotopic (exact) mass is 244 g/mol. The molecule has 0 saturated carbocycles. The average molecular weight is 244 g/mol. The van der Waals surface area contributed by atoms with Crippen molar-refractivity contribution in [2.45, 2.75) is 33.7 Å². The Morgan fingerprint density at radius 1 is 1.33 bits per heavy atom. The fraction of sp³-hybridized carbons (Fsp3) is 0.429. The minimum atomic E-state index is 0.0193. The van der Waals surface area contributed by atoms with E-state index in [0.29, 0.717) is 0 Å². The van der Waals surface area contributed by atoms with Crippen LogP contribution < -0.4 is 10.6 Å². The number of hydrogen-bond acceptors (Lipinski definition) is 2. The van der Waals surface area contributed by atoms with E-state index in [1.165, 1.54) is 0 Å². The maximum Gasteiger partial charge on any atom is 0.212 e. The van der Waals surface area contributed by atoms with Gasteiger partial charge in [-0.3, -0.25) is 0 Å². The Balaban J connectivity index is 3.21. The lowest BCUT2D eigenvalue weighted by Gasteiger charge is -2.38. The largest absolute Gasteiger partial charge is 0.369 e. The van der Waals surface area contributed by atoms with Crippen molar-refractivity contribution < 1.29 is 0 Å². The molecule has 1 aromatic carbocycles. The van der Waals surface area contributed by atoms with Crippen molar-refractivity contribution in [3.05, 3.63) is 30.3 Å². The van der Waals surface area contributed by atoms with E-state index in [1.54, 1.807) is 6.19 Å². The molecule has 4 nitrogen and oxygen atoms in total. The van der Waals surface area contributed by atoms with E-state index in [1.807, 2.05) is 35.2 Å². The summed E-state index contributed by atoms with van der Waals surface area (Å²) in [5.41, 5.74) is 6.87. The number of benzene rings is 1. The summed E-state index contributed by atoms with van der Waals surface area (Å²) in [6, 6.07) is 9.87. The molecule has 1 atom stereocenters. The Kier molecular flexibility index (Phi) is 4.33. The zero-order valence-electron chi connectivity index (χ0n) is 11.4. The van der Waals surface area contributed by atoms with E-state index in [-0.39, 0.29) is 17.4 Å². The number of aliphatic imine (C=N–C) groups is 1. The Bertz CT molecular complexity index is 451. The van der Waals surface area contributed by atoms with Crippen LogP contribution in [0.2, 0.25) is 0 Å². The van der Waals surface area contributed by atoms with Crippen LogP contribution in [0.4, 0.5) is 5.69 Å². The zero-order valence-corrected chi connectivity index (χ0v) is 11.4. The SMILES string of the molecule is CC(N(C(N)=NC#N)c1ccccc1)C(C)(C)C. The second-order valence-corrected chi connectivity index (χ2v) is 5.32. The second-order valence-electron chi connectivity index (χ2n) is 5.32. The Morgan fingerprint density at radius 3 is 2.33 bits per heavy atom. The van der Waals surface area contributed by atoms with E-state index >= 15 is 0 Å². The fourth-order valence-corrected chi connectivity index (χ4v) is 1.64. The quantitative estimate of drug-likeness (QED) is 0.494. The highest BCUT2D eigenvalue weighted by Gasteiger charge is 2.28. The van der Waals surface area contributed by atoms with E-state index in [0.717, 1.165) is 5.69 Å². The van der Waals surface area contributed by atoms with Crippen LogP contribution in [0.1, 0.15) is 27.7 Å². The van der Waals surface area contributed by atoms with Crippen LogP contribution in [0.5, 0.6) is 0 Å². The molecule has 2 N–H and O–H groups in total. The molecule has 0 amide bonds. The summed E-state index contributed by atoms with van der Waals surface area (Å²) >= 11 is 0. The van der Waals surface area contributed by atoms with Gasteiger partial charge in [-0.25, -0.2) is 0 Å². The summed E-state index contributed by atoms with van der Waals surface area (Å²) < 4.78 is 0. The number of guanidine groups is 1. The molecule has 0 saturated heterocycles. The van der Waals surface area contributed by atoms with Gasteiger partial charge in [0, 0.05) is 11.7 Å². The lowest BCUT2D eigenvalue weighted by molar-refractivity contribution is 0.339. The summed E-state index contributed by atoms with van der Waals surface area (Å²) in [6.45, 7) is 8.47. The lowest BCUT2D eigenvalue weighted by Crippen LogP contribution is -2.49. The first-order chi connectivity index (χ1) is 8.38. The van der Waals surface area contributed by atoms with Crippen LogP contribution in [0.25, 0.3) is 0 Å². The topological polar surface area (TPSA) is 65.4 Å². The molecule has 1 unspecified atom stereocenters. The molecule has 0 heterocycles. The first-order valence-corrected chi connectivity index (χ1v) is 5.94. The van der Waals surface area contributed by atoms with Crippen molar-refractivity contribution in [2.75, 3.05) is 4.90 Å². The molecule has 1 rings (SSSR count). The summed E-state index contributed by atoms with van der Waals surface area (Å²) in [5, 5.41) is 8.67. The molecule has 0 aliphatic heterocycles. The predicted octanol–water partition coefficient (Wildman–Crippen LogP) is 2.72. The van der Waals surface area contributed by atoms with E-state index in [4.69, 9.17) is 11.0 Å². The van der Waals surface area contributed by atoms with Crippen molar-refractivity contribution >= 4 is 11.6 Å². The van der Waals surface area contributed by atoms with Crippen LogP contribution in [-0.4, -0.2) is 12.0 Å². The molecule has 0 aromatic heterocycles. The molecule has 0 spiro atoms. The van der Waals surface area contributed by atoms with Crippen LogP contribution in [0.15, 0.2) is 35.3 Å². The lowest BCUT2D eigenvalue weighted by atomic mass is 9.86. The number of nitriles is 1. The minimum Gasteiger partial charge on any atom is -0.369 e. The molecule has 96 valence electrons. The van der Waals surface area contributed by atoms with Crippen LogP contribution in [0.3, 0.4) is 0 Å². The molecular weight excluding hydrogens is 224 g/mol. The minimum absolute atomic E-state index is 0.0193. The van der Waals surface area contributed by atoms with Gasteiger partial charge in [-0.15, -0.1) is 4.99 Å². The normalized spacial score (nSPS) is 13.8. The Labute approximate surface area is 109 Å². The number of para-hydroxylation sites is 1. The van der Waals surface area contributed by atoms with Gasteiger partial charge >= 0.3 is 0 Å². The Morgan fingerprint density at radius 2 is 1.89 bits per heavy atom. The number of rotatable bonds is 2. The van der Waals surface area contributed by atoms with Gasteiger partial charge in [0.2, 0.25) is 12.2 Å². The first kappa shape index (κ1) is 14.0. The van der Waals surface area contributed by atoms with Crippen LogP contribution in [-0.2, 0) is 0 Å². The maximum absolute atomic E-state index is 8.67. The fourth-order valence-electron chi connectivity index (χ4n) is 1.64. The van der Waals surface area contributed by atoms with Gasteiger partial charge in [0.25, 0.3) is 0 Å². The van der Waals surface area contributed by atoms with Gasteiger partial charge in [0.05, 0.1) is 0 Å². The van der Waals surface area contributed by atoms with Crippen molar-refractivity contribution in [3.8, 4) is 6.19 Å². The number of nitrogens with zero attached hydrogens (tertiary/aromatic N) is 3. The van der Waals surface area contributed by atoms with Crippen LogP contribution in [0, 0.1) is 16.9 Å². The third-order valence-electron chi connectivity index (χ3n) is 3.09. The van der Waals surface area contributed by atoms with E-state index < -0.39 is 0 Å². The molecule has 0 bridgehead atoms. The molecule has 4 heteroatoms. The average Bonchev–Trinajstić information content (AvgIpc) is 2.29. The Hall–Kier alpha value is -2.02. The van der Waals surface area contributed by atoms with Crippen molar-refractivity contribution in [2.24, 2.45) is 16.1 Å². The van der Waals surface area contributed by atoms with Crippen LogP contribution >= 0.6 is 0 Å². The van der Waals surface area contributed by atoms with Gasteiger partial charge in [-0.2, -0.15) is 5.26 Å². The predicted molar refractivity (Wildman–Crippen MR) is 75.1 cm³/mol. The molecule has 0 fully saturated rings. The summed E-state index contributed by atoms with van der Waals surface area (Å²) in [6.07, 6.45) is 1.75. The third-order valence-corrected chi connectivity index (χ3v) is 3.09. The second kappa shape index (κ2) is 5.54. The highest BCUT2D eigenvalue weighted by Crippen LogP contribution is 2.28. The number of hydrogen-bond donors (Lipinski definition) is 1. The third kappa shape index (κ3) is 3.24. The molecule has 0 radical (unpaired) electrons. The van der Waals surface area contributed by atoms with Crippen molar-refractivity contribution in [3.63, 3.8) is 0 Å². The van der Waals surface area contributed by atoms with Gasteiger partial charge in [-0.05, 0) is 24.5 Å². The molecule has 18 heavy (non-hydrogen) atoms. The van der Waals surface area contributed by atoms with Gasteiger partial charge in [0.1, 0.15) is 0 Å². The van der Waals surface area contributed by atoms with E-state index in [9.17, 15) is 0 Å². The number of anilines is 1. The maximum atomic E-state index is 8.67. The molecule has 0 aliphatic rings. The number of nitrogens with two attached hydrogens (primary N) is 1. The van der Waals surface area contributed by atoms with Gasteiger partial charge < -0.3 is 10.6 Å². The van der Waals surface area contributed by atoms with Crippen molar-refractivity contribution in [1.82, 2.24) is 0 Å². The summed E-state index contributed by atoms with van der Waals surface area (Å²) in [7, 11) is 0. The smallest absolute Gasteiger partial charge is 0.212 e. The highest BCUT2D eigenvalue weighted by atomic mass is 15.3. The summed E-state index contributed by atoms with van der Waals surface area (Å²) in [4.78, 5) is 5.55. The van der Waals surface area contributed by atoms with Gasteiger partial charge in [-0.1, -0.05) is 39.0 Å². The zero-order chi connectivity index (χ0) is 13.8. The summed E-state index contributed by atoms with van der Waals surface area (Å²) in [5.74, 6) is 0.228. The highest BCUT2D eigenvalue weighted by molar-refractivity contribution is 5.96. The standard InChI is InChI=1S/C14H20N4/c1-11(14(2,3)4)18(13(16)17-10-15)12-8-6-5-7-9-12/h5-9,11H,1-4H3,(H2,16,17). The molecule has 0 aliphatic carbocycles. The molecule has 1 aromatic rings. The first-order valence-electron chi connectivity index (χ1n) is 5.94. The van der Waals surface area contributed by atoms with Gasteiger partial charge in [0.15, 0.2) is 0 Å². The van der Waals surface area contributed by atoms with E-state index in [2.05, 4.69) is 32.7 Å².